The van der Waals surface area contributed by atoms with Crippen molar-refractivity contribution in [1.29, 1.82) is 0 Å². The molecule has 3 rings (SSSR count). The molecule has 3 aromatic rings. The summed E-state index contributed by atoms with van der Waals surface area (Å²) in [6.07, 6.45) is 0. The van der Waals surface area contributed by atoms with Gasteiger partial charge < -0.3 is 14.5 Å². The summed E-state index contributed by atoms with van der Waals surface area (Å²) in [5, 5.41) is 3.99. The number of hydrogen-bond donors (Lipinski definition) is 1. The fraction of sp³-hybridized carbons (Fsp3) is 0.286. The van der Waals surface area contributed by atoms with Crippen LogP contribution >= 0.6 is 0 Å². The first kappa shape index (κ1) is 17.1. The maximum Gasteiger partial charge on any atom is 0.287 e. The van der Waals surface area contributed by atoms with Crippen LogP contribution in [-0.4, -0.2) is 12.5 Å². The van der Waals surface area contributed by atoms with Crippen molar-refractivity contribution in [3.63, 3.8) is 0 Å². The maximum atomic E-state index is 12.7. The molecule has 0 aliphatic rings. The molecule has 1 N–H and O–H groups in total. The van der Waals surface area contributed by atoms with E-state index in [1.54, 1.807) is 0 Å². The van der Waals surface area contributed by atoms with Gasteiger partial charge in [-0.15, -0.1) is 0 Å². The molecule has 0 spiro atoms. The molecule has 25 heavy (non-hydrogen) atoms. The highest BCUT2D eigenvalue weighted by Gasteiger charge is 2.21. The van der Waals surface area contributed by atoms with Crippen molar-refractivity contribution < 1.29 is 13.9 Å². The fourth-order valence-corrected chi connectivity index (χ4v) is 3.02. The Morgan fingerprint density at radius 1 is 1.20 bits per heavy atom. The molecule has 0 aliphatic heterocycles. The molecule has 0 aliphatic carbocycles. The van der Waals surface area contributed by atoms with Crippen molar-refractivity contribution in [2.75, 3.05) is 6.61 Å². The first-order valence-electron chi connectivity index (χ1n) is 8.53. The maximum absolute atomic E-state index is 12.7. The number of hydrogen-bond acceptors (Lipinski definition) is 3. The van der Waals surface area contributed by atoms with Gasteiger partial charge in [0.1, 0.15) is 11.3 Å². The lowest BCUT2D eigenvalue weighted by Crippen LogP contribution is -2.27. The van der Waals surface area contributed by atoms with Gasteiger partial charge >= 0.3 is 0 Å². The van der Waals surface area contributed by atoms with E-state index in [4.69, 9.17) is 9.15 Å². The van der Waals surface area contributed by atoms with E-state index in [0.29, 0.717) is 12.4 Å². The van der Waals surface area contributed by atoms with E-state index in [1.807, 2.05) is 70.2 Å². The van der Waals surface area contributed by atoms with E-state index < -0.39 is 0 Å². The van der Waals surface area contributed by atoms with Crippen molar-refractivity contribution in [2.24, 2.45) is 0 Å². The van der Waals surface area contributed by atoms with E-state index in [9.17, 15) is 4.79 Å². The predicted molar refractivity (Wildman–Crippen MR) is 99.2 cm³/mol. The first-order chi connectivity index (χ1) is 12.0. The van der Waals surface area contributed by atoms with Gasteiger partial charge in [0.2, 0.25) is 0 Å². The van der Waals surface area contributed by atoms with Crippen molar-refractivity contribution in [1.82, 2.24) is 5.32 Å². The number of benzene rings is 2. The van der Waals surface area contributed by atoms with Crippen molar-refractivity contribution in [3.05, 3.63) is 64.9 Å². The number of aryl methyl sites for hydroxylation is 2. The first-order valence-corrected chi connectivity index (χ1v) is 8.53. The van der Waals surface area contributed by atoms with Gasteiger partial charge in [-0.25, -0.2) is 0 Å². The van der Waals surface area contributed by atoms with Crippen LogP contribution in [0, 0.1) is 13.8 Å². The van der Waals surface area contributed by atoms with Crippen LogP contribution in [0.15, 0.2) is 46.9 Å². The van der Waals surface area contributed by atoms with Gasteiger partial charge in [-0.3, -0.25) is 4.79 Å². The number of rotatable bonds is 5. The van der Waals surface area contributed by atoms with Gasteiger partial charge in [0.15, 0.2) is 5.76 Å². The quantitative estimate of drug-likeness (QED) is 0.717. The van der Waals surface area contributed by atoms with Crippen LogP contribution in [0.3, 0.4) is 0 Å². The zero-order valence-corrected chi connectivity index (χ0v) is 15.1. The van der Waals surface area contributed by atoms with Gasteiger partial charge in [0.05, 0.1) is 12.6 Å². The smallest absolute Gasteiger partial charge is 0.287 e. The molecule has 0 saturated carbocycles. The highest BCUT2D eigenvalue weighted by atomic mass is 16.5. The summed E-state index contributed by atoms with van der Waals surface area (Å²) in [6, 6.07) is 13.5. The Kier molecular flexibility index (Phi) is 4.79. The molecule has 0 radical (unpaired) electrons. The number of carbonyl (C=O) groups excluding carboxylic acids is 1. The Morgan fingerprint density at radius 2 is 1.96 bits per heavy atom. The summed E-state index contributed by atoms with van der Waals surface area (Å²) < 4.78 is 11.5. The van der Waals surface area contributed by atoms with Crippen LogP contribution in [0.5, 0.6) is 5.75 Å². The number of ether oxygens (including phenoxy) is 1. The van der Waals surface area contributed by atoms with Crippen LogP contribution in [0.4, 0.5) is 0 Å². The molecule has 0 saturated heterocycles. The average Bonchev–Trinajstić information content (AvgIpc) is 2.94. The molecule has 4 heteroatoms. The fourth-order valence-electron chi connectivity index (χ4n) is 3.02. The van der Waals surface area contributed by atoms with Crippen LogP contribution in [0.25, 0.3) is 11.0 Å². The summed E-state index contributed by atoms with van der Waals surface area (Å²) >= 11 is 0. The van der Waals surface area contributed by atoms with Crippen LogP contribution in [-0.2, 0) is 0 Å². The zero-order chi connectivity index (χ0) is 18.0. The summed E-state index contributed by atoms with van der Waals surface area (Å²) in [6.45, 7) is 8.41. The number of furan rings is 1. The van der Waals surface area contributed by atoms with Gasteiger partial charge in [-0.2, -0.15) is 0 Å². The number of para-hydroxylation sites is 1. The summed E-state index contributed by atoms with van der Waals surface area (Å²) in [5.74, 6) is 0.936. The summed E-state index contributed by atoms with van der Waals surface area (Å²) in [5.41, 5.74) is 3.67. The minimum absolute atomic E-state index is 0.193. The van der Waals surface area contributed by atoms with E-state index in [-0.39, 0.29) is 11.9 Å². The van der Waals surface area contributed by atoms with E-state index in [2.05, 4.69) is 5.32 Å². The largest absolute Gasteiger partial charge is 0.494 e. The monoisotopic (exact) mass is 337 g/mol. The third kappa shape index (κ3) is 3.38. The standard InChI is InChI=1S/C21H23NO3/c1-5-24-18-11-10-13(2)12-17(18)15(4)22-21(23)20-14(3)16-8-6-7-9-19(16)25-20/h6-12,15H,5H2,1-4H3,(H,22,23). The number of fused-ring (bicyclic) bond motifs is 1. The predicted octanol–water partition coefficient (Wildman–Crippen LogP) is 4.94. The summed E-state index contributed by atoms with van der Waals surface area (Å²) in [4.78, 5) is 12.7. The average molecular weight is 337 g/mol. The zero-order valence-electron chi connectivity index (χ0n) is 15.1. The minimum Gasteiger partial charge on any atom is -0.494 e. The highest BCUT2D eigenvalue weighted by molar-refractivity contribution is 5.99. The summed E-state index contributed by atoms with van der Waals surface area (Å²) in [7, 11) is 0. The van der Waals surface area contributed by atoms with Crippen molar-refractivity contribution in [2.45, 2.75) is 33.7 Å². The molecule has 0 fully saturated rings. The third-order valence-electron chi connectivity index (χ3n) is 4.33. The van der Waals surface area contributed by atoms with Crippen LogP contribution in [0.2, 0.25) is 0 Å². The Hall–Kier alpha value is -2.75. The molecule has 1 unspecified atom stereocenters. The van der Waals surface area contributed by atoms with E-state index >= 15 is 0 Å². The molecule has 1 aromatic heterocycles. The highest BCUT2D eigenvalue weighted by Crippen LogP contribution is 2.28. The molecular formula is C21H23NO3. The molecule has 2 aromatic carbocycles. The molecule has 1 heterocycles. The molecular weight excluding hydrogens is 314 g/mol. The Bertz CT molecular complexity index is 911. The Balaban J connectivity index is 1.87. The minimum atomic E-state index is -0.217. The normalized spacial score (nSPS) is 12.2. The molecule has 1 amide bonds. The second kappa shape index (κ2) is 7.01. The van der Waals surface area contributed by atoms with Crippen molar-refractivity contribution in [3.8, 4) is 5.75 Å². The SMILES string of the molecule is CCOc1ccc(C)cc1C(C)NC(=O)c1oc2ccccc2c1C. The lowest BCUT2D eigenvalue weighted by molar-refractivity contribution is 0.0912. The van der Waals surface area contributed by atoms with Crippen molar-refractivity contribution >= 4 is 16.9 Å². The topological polar surface area (TPSA) is 51.5 Å². The van der Waals surface area contributed by atoms with Gasteiger partial charge in [0, 0.05) is 16.5 Å². The van der Waals surface area contributed by atoms with Gasteiger partial charge in [-0.05, 0) is 39.8 Å². The lowest BCUT2D eigenvalue weighted by Gasteiger charge is -2.18. The number of carbonyl (C=O) groups is 1. The Labute approximate surface area is 147 Å². The van der Waals surface area contributed by atoms with Crippen LogP contribution in [0.1, 0.15) is 47.1 Å². The lowest BCUT2D eigenvalue weighted by atomic mass is 10.0. The number of amides is 1. The van der Waals surface area contributed by atoms with Crippen LogP contribution < -0.4 is 10.1 Å². The molecule has 130 valence electrons. The van der Waals surface area contributed by atoms with Gasteiger partial charge in [0.25, 0.3) is 5.91 Å². The number of nitrogens with one attached hydrogen (secondary N) is 1. The molecule has 4 nitrogen and oxygen atoms in total. The third-order valence-corrected chi connectivity index (χ3v) is 4.33. The molecule has 0 bridgehead atoms. The second-order valence-electron chi connectivity index (χ2n) is 6.22. The van der Waals surface area contributed by atoms with Gasteiger partial charge in [-0.1, -0.05) is 35.9 Å². The molecule has 1 atom stereocenters. The van der Waals surface area contributed by atoms with E-state index in [1.165, 1.54) is 0 Å². The van der Waals surface area contributed by atoms with E-state index in [0.717, 1.165) is 33.4 Å². The second-order valence-corrected chi connectivity index (χ2v) is 6.22. The Morgan fingerprint density at radius 3 is 2.68 bits per heavy atom.